The summed E-state index contributed by atoms with van der Waals surface area (Å²) in [6, 6.07) is 18.6. The Kier molecular flexibility index (Phi) is 7.00. The molecule has 2 aromatic heterocycles. The molecule has 0 aliphatic carbocycles. The molecule has 2 aromatic carbocycles. The first-order valence-electron chi connectivity index (χ1n) is 11.2. The highest BCUT2D eigenvalue weighted by Gasteiger charge is 2.20. The summed E-state index contributed by atoms with van der Waals surface area (Å²) in [5.41, 5.74) is 3.64. The van der Waals surface area contributed by atoms with Crippen LogP contribution in [0.4, 0.5) is 10.2 Å². The number of benzene rings is 2. The molecule has 0 spiro atoms. The Morgan fingerprint density at radius 2 is 1.66 bits per heavy atom. The van der Waals surface area contributed by atoms with E-state index in [1.54, 1.807) is 6.20 Å². The summed E-state index contributed by atoms with van der Waals surface area (Å²) in [6.45, 7) is 6.77. The molecule has 0 atom stereocenters. The van der Waals surface area contributed by atoms with E-state index < -0.39 is 15.8 Å². The van der Waals surface area contributed by atoms with Gasteiger partial charge in [-0.15, -0.1) is 0 Å². The van der Waals surface area contributed by atoms with E-state index in [1.165, 1.54) is 12.1 Å². The number of hydrogen-bond acceptors (Lipinski definition) is 5. The van der Waals surface area contributed by atoms with E-state index in [2.05, 4.69) is 35.8 Å². The zero-order chi connectivity index (χ0) is 25.1. The standard InChI is InChI=1S/C26H28FN5O2S/c1-26(2,3)32-18-23(25(31-32)19-7-5-4-6-8-19)20-13-14-28-24(17-20)29-15-16-30-35(33,34)22-11-9-21(27)10-12-22/h4-14,17-18,30H,15-16H2,1-3H3,(H,28,29). The molecule has 0 aliphatic rings. The van der Waals surface area contributed by atoms with Crippen molar-refractivity contribution in [2.24, 2.45) is 0 Å². The van der Waals surface area contributed by atoms with E-state index in [-0.39, 0.29) is 17.0 Å². The molecular formula is C26H28FN5O2S. The van der Waals surface area contributed by atoms with E-state index >= 15 is 0 Å². The van der Waals surface area contributed by atoms with Gasteiger partial charge in [0.2, 0.25) is 10.0 Å². The number of anilines is 1. The molecule has 7 nitrogen and oxygen atoms in total. The molecule has 182 valence electrons. The van der Waals surface area contributed by atoms with Crippen LogP contribution in [0.3, 0.4) is 0 Å². The normalized spacial score (nSPS) is 12.0. The minimum Gasteiger partial charge on any atom is -0.369 e. The molecule has 0 saturated heterocycles. The summed E-state index contributed by atoms with van der Waals surface area (Å²) in [7, 11) is -3.72. The van der Waals surface area contributed by atoms with Gasteiger partial charge in [0, 0.05) is 36.6 Å². The van der Waals surface area contributed by atoms with Gasteiger partial charge in [0.05, 0.1) is 10.4 Å². The molecular weight excluding hydrogens is 465 g/mol. The van der Waals surface area contributed by atoms with E-state index in [0.717, 1.165) is 34.5 Å². The van der Waals surface area contributed by atoms with Gasteiger partial charge in [0.15, 0.2) is 0 Å². The van der Waals surface area contributed by atoms with Crippen molar-refractivity contribution in [1.29, 1.82) is 0 Å². The van der Waals surface area contributed by atoms with Crippen LogP contribution in [0.1, 0.15) is 20.8 Å². The number of halogens is 1. The van der Waals surface area contributed by atoms with Crippen molar-refractivity contribution in [2.45, 2.75) is 31.2 Å². The molecule has 4 rings (SSSR count). The van der Waals surface area contributed by atoms with Gasteiger partial charge in [0.1, 0.15) is 17.3 Å². The van der Waals surface area contributed by atoms with Gasteiger partial charge in [-0.3, -0.25) is 4.68 Å². The molecule has 0 fully saturated rings. The van der Waals surface area contributed by atoms with Crippen LogP contribution < -0.4 is 10.0 Å². The fourth-order valence-electron chi connectivity index (χ4n) is 3.51. The molecule has 35 heavy (non-hydrogen) atoms. The van der Waals surface area contributed by atoms with E-state index in [9.17, 15) is 12.8 Å². The summed E-state index contributed by atoms with van der Waals surface area (Å²) < 4.78 is 42.3. The lowest BCUT2D eigenvalue weighted by Gasteiger charge is -2.18. The number of nitrogens with zero attached hydrogens (tertiary/aromatic N) is 3. The summed E-state index contributed by atoms with van der Waals surface area (Å²) in [5.74, 6) is 0.131. The molecule has 0 unspecified atom stereocenters. The summed E-state index contributed by atoms with van der Waals surface area (Å²) in [4.78, 5) is 4.38. The minimum atomic E-state index is -3.72. The first-order chi connectivity index (χ1) is 16.6. The fourth-order valence-corrected chi connectivity index (χ4v) is 4.54. The zero-order valence-electron chi connectivity index (χ0n) is 19.9. The Morgan fingerprint density at radius 1 is 0.943 bits per heavy atom. The number of rotatable bonds is 8. The molecule has 2 N–H and O–H groups in total. The van der Waals surface area contributed by atoms with Crippen LogP contribution in [0.2, 0.25) is 0 Å². The third-order valence-corrected chi connectivity index (χ3v) is 6.84. The maximum atomic E-state index is 13.1. The van der Waals surface area contributed by atoms with Crippen LogP contribution in [-0.2, 0) is 15.6 Å². The smallest absolute Gasteiger partial charge is 0.240 e. The SMILES string of the molecule is CC(C)(C)n1cc(-c2ccnc(NCCNS(=O)(=O)c3ccc(F)cc3)c2)c(-c2ccccc2)n1. The van der Waals surface area contributed by atoms with Gasteiger partial charge < -0.3 is 5.32 Å². The van der Waals surface area contributed by atoms with E-state index in [0.29, 0.717) is 12.4 Å². The minimum absolute atomic E-state index is 0.0170. The fraction of sp³-hybridized carbons (Fsp3) is 0.231. The van der Waals surface area contributed by atoms with Crippen LogP contribution in [-0.4, -0.2) is 36.3 Å². The van der Waals surface area contributed by atoms with Gasteiger partial charge in [0.25, 0.3) is 0 Å². The molecule has 9 heteroatoms. The van der Waals surface area contributed by atoms with Gasteiger partial charge >= 0.3 is 0 Å². The van der Waals surface area contributed by atoms with Crippen molar-refractivity contribution in [3.05, 3.63) is 84.9 Å². The van der Waals surface area contributed by atoms with Gasteiger partial charge in [-0.05, 0) is 62.7 Å². The first-order valence-corrected chi connectivity index (χ1v) is 12.7. The third kappa shape index (κ3) is 5.93. The second-order valence-corrected chi connectivity index (χ2v) is 10.8. The summed E-state index contributed by atoms with van der Waals surface area (Å²) in [5, 5.41) is 8.03. The molecule has 0 radical (unpaired) electrons. The van der Waals surface area contributed by atoms with Gasteiger partial charge in [-0.1, -0.05) is 30.3 Å². The van der Waals surface area contributed by atoms with Crippen molar-refractivity contribution in [2.75, 3.05) is 18.4 Å². The van der Waals surface area contributed by atoms with Crippen LogP contribution in [0.15, 0.2) is 84.0 Å². The lowest BCUT2D eigenvalue weighted by Crippen LogP contribution is -2.29. The highest BCUT2D eigenvalue weighted by atomic mass is 32.2. The number of pyridine rings is 1. The van der Waals surface area contributed by atoms with Crippen LogP contribution in [0.25, 0.3) is 22.4 Å². The molecule has 0 bridgehead atoms. The second-order valence-electron chi connectivity index (χ2n) is 9.08. The topological polar surface area (TPSA) is 88.9 Å². The highest BCUT2D eigenvalue weighted by Crippen LogP contribution is 2.33. The highest BCUT2D eigenvalue weighted by molar-refractivity contribution is 7.89. The Labute approximate surface area is 205 Å². The number of aromatic nitrogens is 3. The first kappa shape index (κ1) is 24.6. The summed E-state index contributed by atoms with van der Waals surface area (Å²) in [6.07, 6.45) is 3.75. The molecule has 4 aromatic rings. The Morgan fingerprint density at radius 3 is 2.34 bits per heavy atom. The van der Waals surface area contributed by atoms with Gasteiger partial charge in [-0.2, -0.15) is 5.10 Å². The third-order valence-electron chi connectivity index (χ3n) is 5.37. The molecule has 0 saturated carbocycles. The molecule has 0 aliphatic heterocycles. The van der Waals surface area contributed by atoms with Crippen molar-refractivity contribution in [1.82, 2.24) is 19.5 Å². The second kappa shape index (κ2) is 9.97. The number of nitrogens with one attached hydrogen (secondary N) is 2. The monoisotopic (exact) mass is 493 g/mol. The van der Waals surface area contributed by atoms with Crippen LogP contribution in [0, 0.1) is 5.82 Å². The van der Waals surface area contributed by atoms with E-state index in [4.69, 9.17) is 5.10 Å². The van der Waals surface area contributed by atoms with Crippen LogP contribution in [0.5, 0.6) is 0 Å². The van der Waals surface area contributed by atoms with Crippen molar-refractivity contribution >= 4 is 15.8 Å². The average Bonchev–Trinajstić information content (AvgIpc) is 3.29. The number of sulfonamides is 1. The zero-order valence-corrected chi connectivity index (χ0v) is 20.7. The summed E-state index contributed by atoms with van der Waals surface area (Å²) >= 11 is 0. The van der Waals surface area contributed by atoms with Crippen LogP contribution >= 0.6 is 0 Å². The maximum absolute atomic E-state index is 13.1. The predicted molar refractivity (Wildman–Crippen MR) is 136 cm³/mol. The maximum Gasteiger partial charge on any atom is 0.240 e. The van der Waals surface area contributed by atoms with Crippen molar-refractivity contribution in [3.8, 4) is 22.4 Å². The predicted octanol–water partition coefficient (Wildman–Crippen LogP) is 4.90. The number of hydrogen-bond donors (Lipinski definition) is 2. The molecule has 0 amide bonds. The van der Waals surface area contributed by atoms with Crippen molar-refractivity contribution < 1.29 is 12.8 Å². The Bertz CT molecular complexity index is 1400. The largest absolute Gasteiger partial charge is 0.369 e. The lowest BCUT2D eigenvalue weighted by atomic mass is 10.0. The Balaban J connectivity index is 1.50. The molecule has 2 heterocycles. The van der Waals surface area contributed by atoms with Crippen molar-refractivity contribution in [3.63, 3.8) is 0 Å². The van der Waals surface area contributed by atoms with E-state index in [1.807, 2.05) is 53.3 Å². The lowest BCUT2D eigenvalue weighted by molar-refractivity contribution is 0.356. The Hall–Kier alpha value is -3.56. The quantitative estimate of drug-likeness (QED) is 0.341. The average molecular weight is 494 g/mol. The van der Waals surface area contributed by atoms with Gasteiger partial charge in [-0.25, -0.2) is 22.5 Å².